The summed E-state index contributed by atoms with van der Waals surface area (Å²) in [7, 11) is 0. The third-order valence-corrected chi connectivity index (χ3v) is 3.72. The number of thioether (sulfide) groups is 1. The van der Waals surface area contributed by atoms with Crippen LogP contribution in [0.3, 0.4) is 0 Å². The van der Waals surface area contributed by atoms with Crippen LogP contribution < -0.4 is 0 Å². The van der Waals surface area contributed by atoms with Crippen molar-refractivity contribution in [2.24, 2.45) is 0 Å². The van der Waals surface area contributed by atoms with Crippen molar-refractivity contribution < 1.29 is 14.7 Å². The Kier molecular flexibility index (Phi) is 2.41. The van der Waals surface area contributed by atoms with E-state index in [1.807, 2.05) is 0 Å². The highest BCUT2D eigenvalue weighted by Crippen LogP contribution is 2.44. The zero-order valence-electron chi connectivity index (χ0n) is 8.98. The van der Waals surface area contributed by atoms with E-state index in [2.05, 4.69) is 9.97 Å². The molecule has 0 bridgehead atoms. The molecule has 0 spiro atoms. The van der Waals surface area contributed by atoms with E-state index >= 15 is 0 Å². The minimum absolute atomic E-state index is 0.0336. The van der Waals surface area contributed by atoms with E-state index in [9.17, 15) is 9.59 Å². The van der Waals surface area contributed by atoms with E-state index in [1.165, 1.54) is 28.3 Å². The summed E-state index contributed by atoms with van der Waals surface area (Å²) in [5.74, 6) is -1.37. The molecule has 1 atom stereocenters. The first kappa shape index (κ1) is 11.0. The highest BCUT2D eigenvalue weighted by Gasteiger charge is 2.49. The van der Waals surface area contributed by atoms with Gasteiger partial charge in [-0.1, -0.05) is 0 Å². The van der Waals surface area contributed by atoms with Gasteiger partial charge in [0.05, 0.1) is 17.5 Å². The van der Waals surface area contributed by atoms with E-state index in [0.717, 1.165) is 0 Å². The lowest BCUT2D eigenvalue weighted by molar-refractivity contribution is -0.141. The average molecular weight is 261 g/mol. The molecule has 1 aromatic rings. The second-order valence-electron chi connectivity index (χ2n) is 3.70. The minimum atomic E-state index is -1.09. The summed E-state index contributed by atoms with van der Waals surface area (Å²) in [4.78, 5) is 32.0. The van der Waals surface area contributed by atoms with Crippen LogP contribution in [0.25, 0.3) is 6.08 Å². The minimum Gasteiger partial charge on any atom is -0.477 e. The number of rotatable bonds is 2. The zero-order chi connectivity index (χ0) is 12.7. The Bertz CT molecular complexity index is 597. The number of aromatic nitrogens is 2. The van der Waals surface area contributed by atoms with Crippen molar-refractivity contribution in [1.29, 1.82) is 0 Å². The van der Waals surface area contributed by atoms with Gasteiger partial charge in [-0.3, -0.25) is 19.7 Å². The zero-order valence-corrected chi connectivity index (χ0v) is 9.79. The molecule has 6 nitrogen and oxygen atoms in total. The van der Waals surface area contributed by atoms with E-state index < -0.39 is 5.97 Å². The third kappa shape index (κ3) is 1.52. The first-order valence-corrected chi connectivity index (χ1v) is 6.03. The van der Waals surface area contributed by atoms with Gasteiger partial charge < -0.3 is 5.11 Å². The molecule has 3 rings (SSSR count). The normalized spacial score (nSPS) is 23.7. The Morgan fingerprint density at radius 3 is 3.00 bits per heavy atom. The maximum atomic E-state index is 11.9. The molecule has 2 aliphatic heterocycles. The van der Waals surface area contributed by atoms with Crippen LogP contribution in [0.15, 0.2) is 35.3 Å². The van der Waals surface area contributed by atoms with E-state index in [4.69, 9.17) is 5.11 Å². The van der Waals surface area contributed by atoms with Gasteiger partial charge in [0.15, 0.2) is 0 Å². The van der Waals surface area contributed by atoms with Crippen LogP contribution in [0, 0.1) is 0 Å². The summed E-state index contributed by atoms with van der Waals surface area (Å²) >= 11 is 1.31. The molecule has 0 radical (unpaired) electrons. The molecule has 1 amide bonds. The van der Waals surface area contributed by atoms with Crippen molar-refractivity contribution in [3.8, 4) is 0 Å². The number of carbonyl (C=O) groups is 2. The molecule has 1 aromatic heterocycles. The van der Waals surface area contributed by atoms with Gasteiger partial charge >= 0.3 is 5.97 Å². The van der Waals surface area contributed by atoms with Crippen molar-refractivity contribution in [3.63, 3.8) is 0 Å². The maximum Gasteiger partial charge on any atom is 0.353 e. The van der Waals surface area contributed by atoms with Crippen LogP contribution in [0.2, 0.25) is 0 Å². The van der Waals surface area contributed by atoms with Gasteiger partial charge in [0.2, 0.25) is 0 Å². The van der Waals surface area contributed by atoms with Gasteiger partial charge in [-0.05, 0) is 6.08 Å². The molecule has 0 aromatic carbocycles. The van der Waals surface area contributed by atoms with E-state index in [-0.39, 0.29) is 17.0 Å². The van der Waals surface area contributed by atoms with Crippen molar-refractivity contribution in [3.05, 3.63) is 41.0 Å². The second-order valence-corrected chi connectivity index (χ2v) is 4.66. The summed E-state index contributed by atoms with van der Waals surface area (Å²) in [6.07, 6.45) is 6.28. The number of carboxylic acid groups (broad SMARTS) is 1. The molecular formula is C11H7N3O3S. The fourth-order valence-electron chi connectivity index (χ4n) is 1.81. The van der Waals surface area contributed by atoms with Crippen molar-refractivity contribution in [2.75, 3.05) is 0 Å². The molecule has 0 saturated carbocycles. The van der Waals surface area contributed by atoms with Crippen LogP contribution in [0.4, 0.5) is 0 Å². The predicted octanol–water partition coefficient (Wildman–Crippen LogP) is 0.701. The SMILES string of the molecule is O=C(O)C1=CSC2C(=Cc3cnccn3)C(=O)N12. The lowest BCUT2D eigenvalue weighted by Crippen LogP contribution is -2.51. The quantitative estimate of drug-likeness (QED) is 0.623. The molecule has 3 heterocycles. The van der Waals surface area contributed by atoms with Crippen LogP contribution in [-0.4, -0.2) is 37.2 Å². The smallest absolute Gasteiger partial charge is 0.353 e. The molecule has 1 saturated heterocycles. The second kappa shape index (κ2) is 3.95. The third-order valence-electron chi connectivity index (χ3n) is 2.64. The van der Waals surface area contributed by atoms with Gasteiger partial charge in [-0.2, -0.15) is 0 Å². The van der Waals surface area contributed by atoms with Crippen molar-refractivity contribution in [1.82, 2.24) is 14.9 Å². The summed E-state index contributed by atoms with van der Waals surface area (Å²) in [5, 5.41) is 10.2. The Morgan fingerprint density at radius 2 is 2.33 bits per heavy atom. The van der Waals surface area contributed by atoms with E-state index in [0.29, 0.717) is 11.3 Å². The molecule has 1 unspecified atom stereocenters. The summed E-state index contributed by atoms with van der Waals surface area (Å²) in [5.41, 5.74) is 1.17. The standard InChI is InChI=1S/C11H7N3O3S/c15-9-7(3-6-4-12-1-2-13-6)10-14(9)8(5-18-10)11(16)17/h1-5,10H,(H,16,17). The van der Waals surface area contributed by atoms with Crippen molar-refractivity contribution >= 4 is 29.7 Å². The number of β-lactam (4-membered cyclic amide) rings is 1. The number of fused-ring (bicyclic) bond motifs is 1. The molecule has 7 heteroatoms. The van der Waals surface area contributed by atoms with Crippen molar-refractivity contribution in [2.45, 2.75) is 5.37 Å². The van der Waals surface area contributed by atoms with Crippen LogP contribution in [0.5, 0.6) is 0 Å². The topological polar surface area (TPSA) is 83.4 Å². The molecule has 0 aliphatic carbocycles. The Labute approximate surface area is 106 Å². The number of hydrogen-bond acceptors (Lipinski definition) is 5. The molecule has 18 heavy (non-hydrogen) atoms. The number of amides is 1. The number of hydrogen-bond donors (Lipinski definition) is 1. The van der Waals surface area contributed by atoms with Gasteiger partial charge in [0, 0.05) is 17.8 Å². The first-order chi connectivity index (χ1) is 8.68. The molecule has 90 valence electrons. The van der Waals surface area contributed by atoms with Crippen LogP contribution >= 0.6 is 11.8 Å². The number of carbonyl (C=O) groups excluding carboxylic acids is 1. The molecule has 1 fully saturated rings. The molecule has 2 aliphatic rings. The number of aliphatic carboxylic acids is 1. The number of carboxylic acids is 1. The van der Waals surface area contributed by atoms with Gasteiger partial charge in [-0.15, -0.1) is 11.8 Å². The Balaban J connectivity index is 1.87. The fraction of sp³-hybridized carbons (Fsp3) is 0.0909. The number of nitrogens with zero attached hydrogens (tertiary/aromatic N) is 3. The average Bonchev–Trinajstić information content (AvgIpc) is 2.77. The largest absolute Gasteiger partial charge is 0.477 e. The van der Waals surface area contributed by atoms with Gasteiger partial charge in [-0.25, -0.2) is 4.79 Å². The van der Waals surface area contributed by atoms with Gasteiger partial charge in [0.1, 0.15) is 11.1 Å². The Hall–Kier alpha value is -2.15. The first-order valence-electron chi connectivity index (χ1n) is 5.08. The van der Waals surface area contributed by atoms with Crippen LogP contribution in [-0.2, 0) is 9.59 Å². The highest BCUT2D eigenvalue weighted by molar-refractivity contribution is 8.03. The highest BCUT2D eigenvalue weighted by atomic mass is 32.2. The predicted molar refractivity (Wildman–Crippen MR) is 64.0 cm³/mol. The monoisotopic (exact) mass is 261 g/mol. The lowest BCUT2D eigenvalue weighted by Gasteiger charge is -2.37. The van der Waals surface area contributed by atoms with Gasteiger partial charge in [0.25, 0.3) is 5.91 Å². The maximum absolute atomic E-state index is 11.9. The molecular weight excluding hydrogens is 254 g/mol. The summed E-state index contributed by atoms with van der Waals surface area (Å²) in [6, 6.07) is 0. The summed E-state index contributed by atoms with van der Waals surface area (Å²) < 4.78 is 0. The fourth-order valence-corrected chi connectivity index (χ4v) is 2.93. The Morgan fingerprint density at radius 1 is 1.50 bits per heavy atom. The van der Waals surface area contributed by atoms with E-state index in [1.54, 1.807) is 18.5 Å². The van der Waals surface area contributed by atoms with Crippen LogP contribution in [0.1, 0.15) is 5.69 Å². The summed E-state index contributed by atoms with van der Waals surface area (Å²) in [6.45, 7) is 0. The lowest BCUT2D eigenvalue weighted by atomic mass is 10.0. The molecule has 1 N–H and O–H groups in total.